The topological polar surface area (TPSA) is 64.8 Å². The number of likely N-dealkylation sites (tertiary alicyclic amines) is 1. The summed E-state index contributed by atoms with van der Waals surface area (Å²) in [6, 6.07) is 5.75. The molecule has 2 N–H and O–H groups in total. The summed E-state index contributed by atoms with van der Waals surface area (Å²) in [5, 5.41) is 0. The summed E-state index contributed by atoms with van der Waals surface area (Å²) in [6.07, 6.45) is 0. The van der Waals surface area contributed by atoms with Gasteiger partial charge in [0, 0.05) is 32.0 Å². The molecule has 5 heteroatoms. The molecule has 2 unspecified atom stereocenters. The zero-order valence-corrected chi connectivity index (χ0v) is 11.6. The molecule has 0 bridgehead atoms. The van der Waals surface area contributed by atoms with Gasteiger partial charge >= 0.3 is 0 Å². The van der Waals surface area contributed by atoms with E-state index in [0.29, 0.717) is 24.6 Å². The normalized spacial score (nSPS) is 22.4. The van der Waals surface area contributed by atoms with Crippen molar-refractivity contribution in [3.05, 3.63) is 23.8 Å². The molecule has 2 atom stereocenters. The van der Waals surface area contributed by atoms with Crippen molar-refractivity contribution >= 4 is 5.91 Å². The standard InChI is InChI=1S/C14H20N2O3/c1-9(17)16-7-11(12(15)8-16)10-4-5-13(18-2)14(6-10)19-3/h4-6,11-12H,7-8,15H2,1-3H3. The van der Waals surface area contributed by atoms with Gasteiger partial charge in [-0.15, -0.1) is 0 Å². The molecule has 1 saturated heterocycles. The van der Waals surface area contributed by atoms with Crippen molar-refractivity contribution in [1.82, 2.24) is 4.90 Å². The highest BCUT2D eigenvalue weighted by Gasteiger charge is 2.32. The quantitative estimate of drug-likeness (QED) is 0.883. The number of carbonyl (C=O) groups is 1. The van der Waals surface area contributed by atoms with Crippen molar-refractivity contribution in [2.45, 2.75) is 18.9 Å². The summed E-state index contributed by atoms with van der Waals surface area (Å²) in [5.74, 6) is 1.59. The maximum atomic E-state index is 11.4. The van der Waals surface area contributed by atoms with E-state index in [1.807, 2.05) is 18.2 Å². The maximum absolute atomic E-state index is 11.4. The summed E-state index contributed by atoms with van der Waals surface area (Å²) in [5.41, 5.74) is 7.21. The Balaban J connectivity index is 2.25. The average molecular weight is 264 g/mol. The number of nitrogens with zero attached hydrogens (tertiary/aromatic N) is 1. The van der Waals surface area contributed by atoms with Gasteiger partial charge in [0.25, 0.3) is 0 Å². The number of amides is 1. The molecule has 0 spiro atoms. The van der Waals surface area contributed by atoms with E-state index >= 15 is 0 Å². The van der Waals surface area contributed by atoms with Crippen LogP contribution in [-0.4, -0.2) is 44.2 Å². The number of hydrogen-bond acceptors (Lipinski definition) is 4. The number of nitrogens with two attached hydrogens (primary N) is 1. The van der Waals surface area contributed by atoms with Gasteiger partial charge in [0.1, 0.15) is 0 Å². The van der Waals surface area contributed by atoms with Gasteiger partial charge in [-0.3, -0.25) is 4.79 Å². The molecule has 1 aromatic carbocycles. The SMILES string of the molecule is COc1ccc(C2CN(C(C)=O)CC2N)cc1OC. The van der Waals surface area contributed by atoms with E-state index in [1.165, 1.54) is 0 Å². The maximum Gasteiger partial charge on any atom is 0.219 e. The van der Waals surface area contributed by atoms with Crippen LogP contribution in [0, 0.1) is 0 Å². The van der Waals surface area contributed by atoms with Crippen LogP contribution < -0.4 is 15.2 Å². The van der Waals surface area contributed by atoms with Crippen LogP contribution in [0.15, 0.2) is 18.2 Å². The fraction of sp³-hybridized carbons (Fsp3) is 0.500. The van der Waals surface area contributed by atoms with Gasteiger partial charge in [0.2, 0.25) is 5.91 Å². The summed E-state index contributed by atoms with van der Waals surface area (Å²) in [6.45, 7) is 2.84. The summed E-state index contributed by atoms with van der Waals surface area (Å²) < 4.78 is 10.5. The van der Waals surface area contributed by atoms with Gasteiger partial charge in [0.15, 0.2) is 11.5 Å². The Hall–Kier alpha value is -1.75. The van der Waals surface area contributed by atoms with Crippen LogP contribution in [0.3, 0.4) is 0 Å². The van der Waals surface area contributed by atoms with E-state index in [-0.39, 0.29) is 17.9 Å². The molecule has 1 amide bonds. The number of benzene rings is 1. The minimum Gasteiger partial charge on any atom is -0.493 e. The van der Waals surface area contributed by atoms with E-state index in [2.05, 4.69) is 0 Å². The molecule has 1 aromatic rings. The molecule has 0 radical (unpaired) electrons. The first-order valence-electron chi connectivity index (χ1n) is 6.29. The third kappa shape index (κ3) is 2.66. The van der Waals surface area contributed by atoms with Crippen molar-refractivity contribution in [2.75, 3.05) is 27.3 Å². The van der Waals surface area contributed by atoms with Gasteiger partial charge in [-0.2, -0.15) is 0 Å². The molecule has 2 rings (SSSR count). The molecule has 0 aromatic heterocycles. The van der Waals surface area contributed by atoms with Crippen LogP contribution >= 0.6 is 0 Å². The lowest BCUT2D eigenvalue weighted by Gasteiger charge is -2.17. The number of methoxy groups -OCH3 is 2. The number of hydrogen-bond donors (Lipinski definition) is 1. The largest absolute Gasteiger partial charge is 0.493 e. The van der Waals surface area contributed by atoms with E-state index in [0.717, 1.165) is 5.56 Å². The van der Waals surface area contributed by atoms with Gasteiger partial charge in [-0.1, -0.05) is 6.07 Å². The number of carbonyl (C=O) groups excluding carboxylic acids is 1. The summed E-state index contributed by atoms with van der Waals surface area (Å²) in [4.78, 5) is 13.2. The fourth-order valence-corrected chi connectivity index (χ4v) is 2.52. The van der Waals surface area contributed by atoms with Crippen LogP contribution in [0.4, 0.5) is 0 Å². The van der Waals surface area contributed by atoms with Crippen molar-refractivity contribution in [3.63, 3.8) is 0 Å². The molecule has 104 valence electrons. The first-order valence-corrected chi connectivity index (χ1v) is 6.29. The molecule has 19 heavy (non-hydrogen) atoms. The molecule has 1 heterocycles. The zero-order chi connectivity index (χ0) is 14.0. The predicted octanol–water partition coefficient (Wildman–Crippen LogP) is 0.977. The number of ether oxygens (including phenoxy) is 2. The second-order valence-corrected chi connectivity index (χ2v) is 4.81. The van der Waals surface area contributed by atoms with Crippen LogP contribution in [0.25, 0.3) is 0 Å². The highest BCUT2D eigenvalue weighted by Crippen LogP contribution is 2.33. The minimum atomic E-state index is -0.0398. The van der Waals surface area contributed by atoms with Crippen LogP contribution in [0.2, 0.25) is 0 Å². The Labute approximate surface area is 113 Å². The van der Waals surface area contributed by atoms with Gasteiger partial charge in [-0.05, 0) is 17.7 Å². The molecule has 1 fully saturated rings. The molecule has 1 aliphatic rings. The second-order valence-electron chi connectivity index (χ2n) is 4.81. The monoisotopic (exact) mass is 264 g/mol. The van der Waals surface area contributed by atoms with Crippen molar-refractivity contribution < 1.29 is 14.3 Å². The molecular weight excluding hydrogens is 244 g/mol. The lowest BCUT2D eigenvalue weighted by molar-refractivity contribution is -0.127. The Morgan fingerprint density at radius 2 is 1.95 bits per heavy atom. The lowest BCUT2D eigenvalue weighted by Crippen LogP contribution is -2.30. The minimum absolute atomic E-state index is 0.0398. The molecule has 0 aliphatic carbocycles. The van der Waals surface area contributed by atoms with Gasteiger partial charge in [0.05, 0.1) is 14.2 Å². The van der Waals surface area contributed by atoms with E-state index < -0.39 is 0 Å². The van der Waals surface area contributed by atoms with Gasteiger partial charge < -0.3 is 20.1 Å². The highest BCUT2D eigenvalue weighted by atomic mass is 16.5. The molecule has 1 aliphatic heterocycles. The van der Waals surface area contributed by atoms with Crippen molar-refractivity contribution in [2.24, 2.45) is 5.73 Å². The smallest absolute Gasteiger partial charge is 0.219 e. The van der Waals surface area contributed by atoms with Crippen molar-refractivity contribution in [3.8, 4) is 11.5 Å². The average Bonchev–Trinajstić information content (AvgIpc) is 2.80. The first-order chi connectivity index (χ1) is 9.06. The number of rotatable bonds is 3. The third-order valence-corrected chi connectivity index (χ3v) is 3.65. The lowest BCUT2D eigenvalue weighted by atomic mass is 9.94. The Morgan fingerprint density at radius 3 is 2.47 bits per heavy atom. The van der Waals surface area contributed by atoms with Crippen LogP contribution in [0.1, 0.15) is 18.4 Å². The zero-order valence-electron chi connectivity index (χ0n) is 11.6. The predicted molar refractivity (Wildman–Crippen MR) is 72.5 cm³/mol. The van der Waals surface area contributed by atoms with E-state index in [1.54, 1.807) is 26.0 Å². The van der Waals surface area contributed by atoms with E-state index in [4.69, 9.17) is 15.2 Å². The van der Waals surface area contributed by atoms with Gasteiger partial charge in [-0.25, -0.2) is 0 Å². The Morgan fingerprint density at radius 1 is 1.26 bits per heavy atom. The van der Waals surface area contributed by atoms with Crippen LogP contribution in [-0.2, 0) is 4.79 Å². The van der Waals surface area contributed by atoms with Crippen molar-refractivity contribution in [1.29, 1.82) is 0 Å². The fourth-order valence-electron chi connectivity index (χ4n) is 2.52. The third-order valence-electron chi connectivity index (χ3n) is 3.65. The second kappa shape index (κ2) is 5.48. The molecular formula is C14H20N2O3. The Bertz CT molecular complexity index is 476. The van der Waals surface area contributed by atoms with Crippen LogP contribution in [0.5, 0.6) is 11.5 Å². The molecule has 5 nitrogen and oxygen atoms in total. The summed E-state index contributed by atoms with van der Waals surface area (Å²) in [7, 11) is 3.22. The Kier molecular flexibility index (Phi) is 3.95. The first kappa shape index (κ1) is 13.7. The highest BCUT2D eigenvalue weighted by molar-refractivity contribution is 5.73. The summed E-state index contributed by atoms with van der Waals surface area (Å²) >= 11 is 0. The molecule has 0 saturated carbocycles. The van der Waals surface area contributed by atoms with E-state index in [9.17, 15) is 4.79 Å².